The van der Waals surface area contributed by atoms with Crippen LogP contribution in [0.1, 0.15) is 20.0 Å². The van der Waals surface area contributed by atoms with Gasteiger partial charge < -0.3 is 24.8 Å². The number of rotatable bonds is 8. The highest BCUT2D eigenvalue weighted by Crippen LogP contribution is 2.34. The van der Waals surface area contributed by atoms with E-state index in [9.17, 15) is 14.4 Å². The normalized spacial score (nSPS) is 10.1. The van der Waals surface area contributed by atoms with Crippen molar-refractivity contribution in [1.29, 1.82) is 0 Å². The lowest BCUT2D eigenvalue weighted by molar-refractivity contribution is -0.119. The molecule has 0 unspecified atom stereocenters. The minimum Gasteiger partial charge on any atom is -0.493 e. The first kappa shape index (κ1) is 21.8. The zero-order valence-electron chi connectivity index (χ0n) is 16.8. The average Bonchev–Trinajstić information content (AvgIpc) is 3.33. The highest BCUT2D eigenvalue weighted by atomic mass is 32.1. The maximum Gasteiger partial charge on any atom is 0.340 e. The first-order valence-electron chi connectivity index (χ1n) is 9.14. The summed E-state index contributed by atoms with van der Waals surface area (Å²) < 4.78 is 15.7. The number of anilines is 2. The van der Waals surface area contributed by atoms with Crippen molar-refractivity contribution in [3.8, 4) is 11.5 Å². The molecule has 0 spiro atoms. The average molecular weight is 440 g/mol. The van der Waals surface area contributed by atoms with E-state index in [0.29, 0.717) is 16.3 Å². The molecule has 0 atom stereocenters. The van der Waals surface area contributed by atoms with Crippen LogP contribution in [0.4, 0.5) is 11.4 Å². The van der Waals surface area contributed by atoms with Gasteiger partial charge in [-0.25, -0.2) is 4.79 Å². The number of benzene rings is 2. The Bertz CT molecular complexity index is 1070. The third kappa shape index (κ3) is 5.61. The highest BCUT2D eigenvalue weighted by molar-refractivity contribution is 7.12. The SMILES string of the molecule is COc1cc(NC(=O)c2cccs2)c(C(=O)OCC(=O)Nc2ccccc2)cc1OC. The Morgan fingerprint density at radius 1 is 0.903 bits per heavy atom. The summed E-state index contributed by atoms with van der Waals surface area (Å²) in [6.07, 6.45) is 0. The van der Waals surface area contributed by atoms with Crippen molar-refractivity contribution in [2.75, 3.05) is 31.5 Å². The molecule has 0 aliphatic carbocycles. The Labute approximate surface area is 182 Å². The van der Waals surface area contributed by atoms with E-state index in [1.54, 1.807) is 41.8 Å². The van der Waals surface area contributed by atoms with Gasteiger partial charge in [0, 0.05) is 17.8 Å². The quantitative estimate of drug-likeness (QED) is 0.517. The molecule has 160 valence electrons. The summed E-state index contributed by atoms with van der Waals surface area (Å²) in [7, 11) is 2.86. The molecule has 2 aromatic carbocycles. The van der Waals surface area contributed by atoms with Crippen molar-refractivity contribution < 1.29 is 28.6 Å². The molecule has 3 rings (SSSR count). The molecule has 2 N–H and O–H groups in total. The first-order chi connectivity index (χ1) is 15.0. The van der Waals surface area contributed by atoms with Crippen molar-refractivity contribution >= 4 is 40.5 Å². The molecule has 1 heterocycles. The number of hydrogen-bond acceptors (Lipinski definition) is 7. The van der Waals surface area contributed by atoms with E-state index in [4.69, 9.17) is 14.2 Å². The maximum absolute atomic E-state index is 12.7. The zero-order valence-corrected chi connectivity index (χ0v) is 17.7. The van der Waals surface area contributed by atoms with E-state index >= 15 is 0 Å². The van der Waals surface area contributed by atoms with Crippen LogP contribution in [-0.4, -0.2) is 38.6 Å². The first-order valence-corrected chi connectivity index (χ1v) is 10.0. The molecule has 2 amide bonds. The summed E-state index contributed by atoms with van der Waals surface area (Å²) >= 11 is 1.26. The molecule has 0 fully saturated rings. The van der Waals surface area contributed by atoms with E-state index in [-0.39, 0.29) is 17.0 Å². The number of amides is 2. The minimum absolute atomic E-state index is 0.0232. The van der Waals surface area contributed by atoms with Crippen LogP contribution in [0.5, 0.6) is 11.5 Å². The second-order valence-corrected chi connectivity index (χ2v) is 7.12. The van der Waals surface area contributed by atoms with Gasteiger partial charge in [0.15, 0.2) is 18.1 Å². The largest absolute Gasteiger partial charge is 0.493 e. The van der Waals surface area contributed by atoms with Gasteiger partial charge in [0.25, 0.3) is 11.8 Å². The Kier molecular flexibility index (Phi) is 7.23. The predicted molar refractivity (Wildman–Crippen MR) is 117 cm³/mol. The number of hydrogen-bond donors (Lipinski definition) is 2. The molecular weight excluding hydrogens is 420 g/mol. The fraction of sp³-hybridized carbons (Fsp3) is 0.136. The van der Waals surface area contributed by atoms with Crippen molar-refractivity contribution in [2.24, 2.45) is 0 Å². The van der Waals surface area contributed by atoms with Crippen molar-refractivity contribution in [1.82, 2.24) is 0 Å². The van der Waals surface area contributed by atoms with Gasteiger partial charge in [-0.3, -0.25) is 9.59 Å². The van der Waals surface area contributed by atoms with Gasteiger partial charge in [0.05, 0.1) is 30.3 Å². The number of esters is 1. The molecule has 9 heteroatoms. The van der Waals surface area contributed by atoms with Crippen LogP contribution in [0.3, 0.4) is 0 Å². The number of methoxy groups -OCH3 is 2. The molecule has 0 radical (unpaired) electrons. The van der Waals surface area contributed by atoms with E-state index in [0.717, 1.165) is 0 Å². The summed E-state index contributed by atoms with van der Waals surface area (Å²) in [4.78, 5) is 37.8. The Hall–Kier alpha value is -3.85. The number of thiophene rings is 1. The lowest BCUT2D eigenvalue weighted by atomic mass is 10.1. The number of ether oxygens (including phenoxy) is 3. The number of nitrogens with one attached hydrogen (secondary N) is 2. The molecule has 0 aliphatic rings. The summed E-state index contributed by atoms with van der Waals surface area (Å²) in [6.45, 7) is -0.500. The van der Waals surface area contributed by atoms with Crippen LogP contribution < -0.4 is 20.1 Å². The lowest BCUT2D eigenvalue weighted by Gasteiger charge is -2.15. The molecule has 3 aromatic rings. The van der Waals surface area contributed by atoms with Gasteiger partial charge in [-0.15, -0.1) is 11.3 Å². The monoisotopic (exact) mass is 440 g/mol. The zero-order chi connectivity index (χ0) is 22.2. The lowest BCUT2D eigenvalue weighted by Crippen LogP contribution is -2.22. The molecule has 0 aliphatic heterocycles. The standard InChI is InChI=1S/C22H20N2O6S/c1-28-17-11-15(22(27)30-13-20(25)23-14-7-4-3-5-8-14)16(12-18(17)29-2)24-21(26)19-9-6-10-31-19/h3-12H,13H2,1-2H3,(H,23,25)(H,24,26). The van der Waals surface area contributed by atoms with E-state index < -0.39 is 24.4 Å². The molecule has 31 heavy (non-hydrogen) atoms. The molecule has 0 saturated heterocycles. The Morgan fingerprint density at radius 2 is 1.61 bits per heavy atom. The fourth-order valence-corrected chi connectivity index (χ4v) is 3.29. The van der Waals surface area contributed by atoms with Gasteiger partial charge in [-0.05, 0) is 23.6 Å². The van der Waals surface area contributed by atoms with Crippen LogP contribution in [0.25, 0.3) is 0 Å². The third-order valence-corrected chi connectivity index (χ3v) is 5.00. The fourth-order valence-electron chi connectivity index (χ4n) is 2.67. The van der Waals surface area contributed by atoms with E-state index in [1.165, 1.54) is 37.7 Å². The molecule has 8 nitrogen and oxygen atoms in total. The van der Waals surface area contributed by atoms with Gasteiger partial charge in [0.1, 0.15) is 0 Å². The van der Waals surface area contributed by atoms with Crippen molar-refractivity contribution in [3.63, 3.8) is 0 Å². The molecule has 0 bridgehead atoms. The second-order valence-electron chi connectivity index (χ2n) is 6.17. The Balaban J connectivity index is 1.77. The Morgan fingerprint density at radius 3 is 2.26 bits per heavy atom. The summed E-state index contributed by atoms with van der Waals surface area (Å²) in [6, 6.07) is 15.0. The van der Waals surface area contributed by atoms with Crippen LogP contribution in [-0.2, 0) is 9.53 Å². The van der Waals surface area contributed by atoms with Gasteiger partial charge in [-0.2, -0.15) is 0 Å². The van der Waals surface area contributed by atoms with Gasteiger partial charge in [0.2, 0.25) is 0 Å². The van der Waals surface area contributed by atoms with Gasteiger partial charge in [-0.1, -0.05) is 24.3 Å². The molecule has 1 aromatic heterocycles. The van der Waals surface area contributed by atoms with E-state index in [2.05, 4.69) is 10.6 Å². The predicted octanol–water partition coefficient (Wildman–Crippen LogP) is 3.81. The summed E-state index contributed by atoms with van der Waals surface area (Å²) in [5.74, 6) is -1.09. The van der Waals surface area contributed by atoms with E-state index in [1.807, 2.05) is 6.07 Å². The molecule has 0 saturated carbocycles. The minimum atomic E-state index is -0.800. The molecular formula is C22H20N2O6S. The van der Waals surface area contributed by atoms with Crippen LogP contribution in [0.15, 0.2) is 60.0 Å². The number of carbonyl (C=O) groups excluding carboxylic acids is 3. The second kappa shape index (κ2) is 10.3. The summed E-state index contributed by atoms with van der Waals surface area (Å²) in [5.41, 5.74) is 0.776. The number of carbonyl (C=O) groups is 3. The van der Waals surface area contributed by atoms with Gasteiger partial charge >= 0.3 is 5.97 Å². The maximum atomic E-state index is 12.7. The smallest absolute Gasteiger partial charge is 0.340 e. The van der Waals surface area contributed by atoms with Crippen LogP contribution in [0, 0.1) is 0 Å². The van der Waals surface area contributed by atoms with Crippen LogP contribution >= 0.6 is 11.3 Å². The van der Waals surface area contributed by atoms with Crippen molar-refractivity contribution in [3.05, 3.63) is 70.4 Å². The topological polar surface area (TPSA) is 103 Å². The van der Waals surface area contributed by atoms with Crippen molar-refractivity contribution in [2.45, 2.75) is 0 Å². The summed E-state index contributed by atoms with van der Waals surface area (Å²) in [5, 5.41) is 7.08. The third-order valence-electron chi connectivity index (χ3n) is 4.13. The van der Waals surface area contributed by atoms with Crippen LogP contribution in [0.2, 0.25) is 0 Å². The number of para-hydroxylation sites is 1. The highest BCUT2D eigenvalue weighted by Gasteiger charge is 2.21.